The Hall–Kier alpha value is -1.18. The van der Waals surface area contributed by atoms with Gasteiger partial charge in [0.25, 0.3) is 0 Å². The zero-order chi connectivity index (χ0) is 7.40. The second-order valence-electron chi connectivity index (χ2n) is 1.87. The van der Waals surface area contributed by atoms with E-state index in [0.717, 1.165) is 11.1 Å². The first-order valence-electron chi connectivity index (χ1n) is 2.90. The van der Waals surface area contributed by atoms with Crippen molar-refractivity contribution >= 4 is 17.0 Å². The van der Waals surface area contributed by atoms with Crippen LogP contribution in [-0.2, 0) is 0 Å². The summed E-state index contributed by atoms with van der Waals surface area (Å²) >= 11 is 0. The Morgan fingerprint density at radius 2 is 1.09 bits per heavy atom. The van der Waals surface area contributed by atoms with Crippen LogP contribution in [-0.4, -0.2) is 0 Å². The number of halogens is 1. The minimum Gasteiger partial charge on any atom is -0.115 e. The molecule has 0 spiro atoms. The van der Waals surface area contributed by atoms with Crippen molar-refractivity contribution in [3.05, 3.63) is 35.4 Å². The molecule has 0 fully saturated rings. The predicted octanol–water partition coefficient (Wildman–Crippen LogP) is 2.23. The van der Waals surface area contributed by atoms with E-state index in [-0.39, 0.29) is 17.0 Å². The van der Waals surface area contributed by atoms with Crippen LogP contribution in [0.15, 0.2) is 24.3 Å². The molecule has 0 atom stereocenters. The second kappa shape index (κ2) is 4.61. The zero-order valence-corrected chi connectivity index (χ0v) is 7.59. The summed E-state index contributed by atoms with van der Waals surface area (Å²) in [5.41, 5.74) is 1.72. The van der Waals surface area contributed by atoms with E-state index in [1.165, 1.54) is 0 Å². The normalized spacial score (nSPS) is 7.09. The van der Waals surface area contributed by atoms with E-state index in [9.17, 15) is 0 Å². The van der Waals surface area contributed by atoms with Gasteiger partial charge in [0, 0.05) is 11.1 Å². The van der Waals surface area contributed by atoms with Crippen molar-refractivity contribution in [1.82, 2.24) is 0 Å². The monoisotopic (exact) mass is 206 g/mol. The van der Waals surface area contributed by atoms with Gasteiger partial charge in [-0.3, -0.25) is 0 Å². The SMILES string of the molecule is Br.C#Cc1ccc(C#C)cc1. The van der Waals surface area contributed by atoms with E-state index in [1.54, 1.807) is 0 Å². The van der Waals surface area contributed by atoms with Gasteiger partial charge in [-0.05, 0) is 24.3 Å². The van der Waals surface area contributed by atoms with Gasteiger partial charge in [-0.2, -0.15) is 0 Å². The third-order valence-corrected chi connectivity index (χ3v) is 1.22. The van der Waals surface area contributed by atoms with Gasteiger partial charge < -0.3 is 0 Å². The van der Waals surface area contributed by atoms with Gasteiger partial charge in [-0.1, -0.05) is 11.8 Å². The van der Waals surface area contributed by atoms with Gasteiger partial charge in [0.15, 0.2) is 0 Å². The number of hydrogen-bond donors (Lipinski definition) is 0. The van der Waals surface area contributed by atoms with E-state index in [1.807, 2.05) is 24.3 Å². The third-order valence-electron chi connectivity index (χ3n) is 1.22. The molecule has 0 aliphatic rings. The van der Waals surface area contributed by atoms with Crippen LogP contribution in [0.25, 0.3) is 0 Å². The molecule has 0 radical (unpaired) electrons. The molecule has 1 heteroatoms. The van der Waals surface area contributed by atoms with Crippen molar-refractivity contribution in [1.29, 1.82) is 0 Å². The van der Waals surface area contributed by atoms with Gasteiger partial charge in [0.05, 0.1) is 0 Å². The first-order valence-corrected chi connectivity index (χ1v) is 2.90. The van der Waals surface area contributed by atoms with Crippen LogP contribution in [0.4, 0.5) is 0 Å². The molecule has 1 aromatic rings. The standard InChI is InChI=1S/C10H6.BrH/c1-3-9-5-7-10(4-2)8-6-9;/h1-2,5-8H;1H. The minimum absolute atomic E-state index is 0. The summed E-state index contributed by atoms with van der Waals surface area (Å²) in [6, 6.07) is 7.31. The highest BCUT2D eigenvalue weighted by atomic mass is 79.9. The maximum absolute atomic E-state index is 5.14. The largest absolute Gasteiger partial charge is 0.115 e. The Labute approximate surface area is 77.4 Å². The van der Waals surface area contributed by atoms with Crippen molar-refractivity contribution in [2.45, 2.75) is 0 Å². The maximum atomic E-state index is 5.14. The molecule has 0 aromatic heterocycles. The van der Waals surface area contributed by atoms with Gasteiger partial charge in [-0.25, -0.2) is 0 Å². The molecular weight excluding hydrogens is 200 g/mol. The van der Waals surface area contributed by atoms with Crippen LogP contribution < -0.4 is 0 Å². The van der Waals surface area contributed by atoms with Gasteiger partial charge in [-0.15, -0.1) is 29.8 Å². The molecule has 0 N–H and O–H groups in total. The molecule has 0 saturated carbocycles. The fraction of sp³-hybridized carbons (Fsp3) is 0. The number of rotatable bonds is 0. The lowest BCUT2D eigenvalue weighted by atomic mass is 10.1. The number of terminal acetylenes is 2. The summed E-state index contributed by atoms with van der Waals surface area (Å²) in [6.45, 7) is 0. The summed E-state index contributed by atoms with van der Waals surface area (Å²) in [7, 11) is 0. The fourth-order valence-electron chi connectivity index (χ4n) is 0.663. The zero-order valence-electron chi connectivity index (χ0n) is 5.87. The average Bonchev–Trinajstić information content (AvgIpc) is 2.05. The predicted molar refractivity (Wildman–Crippen MR) is 52.6 cm³/mol. The van der Waals surface area contributed by atoms with E-state index in [4.69, 9.17) is 12.8 Å². The van der Waals surface area contributed by atoms with Crippen LogP contribution in [0.1, 0.15) is 11.1 Å². The Morgan fingerprint density at radius 3 is 1.27 bits per heavy atom. The van der Waals surface area contributed by atoms with Crippen LogP contribution >= 0.6 is 17.0 Å². The van der Waals surface area contributed by atoms with E-state index < -0.39 is 0 Å². The molecule has 54 valence electrons. The fourth-order valence-corrected chi connectivity index (χ4v) is 0.663. The van der Waals surface area contributed by atoms with Crippen LogP contribution in [0, 0.1) is 24.7 Å². The summed E-state index contributed by atoms with van der Waals surface area (Å²) in [4.78, 5) is 0. The Kier molecular flexibility index (Phi) is 4.11. The highest BCUT2D eigenvalue weighted by Crippen LogP contribution is 2.00. The van der Waals surface area contributed by atoms with E-state index in [2.05, 4.69) is 11.8 Å². The average molecular weight is 207 g/mol. The molecule has 0 aliphatic carbocycles. The lowest BCUT2D eigenvalue weighted by Crippen LogP contribution is -1.74. The van der Waals surface area contributed by atoms with Crippen molar-refractivity contribution in [3.63, 3.8) is 0 Å². The van der Waals surface area contributed by atoms with Crippen LogP contribution in [0.5, 0.6) is 0 Å². The topological polar surface area (TPSA) is 0 Å². The van der Waals surface area contributed by atoms with E-state index in [0.29, 0.717) is 0 Å². The van der Waals surface area contributed by atoms with Crippen molar-refractivity contribution in [2.75, 3.05) is 0 Å². The lowest BCUT2D eigenvalue weighted by Gasteiger charge is -1.89. The smallest absolute Gasteiger partial charge is 0.0243 e. The van der Waals surface area contributed by atoms with Gasteiger partial charge in [0.2, 0.25) is 0 Å². The molecule has 11 heavy (non-hydrogen) atoms. The molecular formula is C10H7Br. The van der Waals surface area contributed by atoms with Gasteiger partial charge in [0.1, 0.15) is 0 Å². The molecule has 1 rings (SSSR count). The van der Waals surface area contributed by atoms with Crippen molar-refractivity contribution in [3.8, 4) is 24.7 Å². The molecule has 0 nitrogen and oxygen atoms in total. The first kappa shape index (κ1) is 9.82. The maximum Gasteiger partial charge on any atom is 0.0243 e. The summed E-state index contributed by atoms with van der Waals surface area (Å²) < 4.78 is 0. The molecule has 0 aliphatic heterocycles. The van der Waals surface area contributed by atoms with Gasteiger partial charge >= 0.3 is 0 Å². The highest BCUT2D eigenvalue weighted by molar-refractivity contribution is 8.93. The molecule has 0 bridgehead atoms. The van der Waals surface area contributed by atoms with Crippen LogP contribution in [0.3, 0.4) is 0 Å². The number of benzene rings is 1. The Morgan fingerprint density at radius 1 is 0.818 bits per heavy atom. The molecule has 0 amide bonds. The highest BCUT2D eigenvalue weighted by Gasteiger charge is 1.85. The molecule has 0 saturated heterocycles. The molecule has 1 aromatic carbocycles. The minimum atomic E-state index is 0. The van der Waals surface area contributed by atoms with Crippen molar-refractivity contribution < 1.29 is 0 Å². The third kappa shape index (κ3) is 2.50. The quantitative estimate of drug-likeness (QED) is 0.572. The summed E-state index contributed by atoms with van der Waals surface area (Å²) in [5, 5.41) is 0. The number of hydrogen-bond acceptors (Lipinski definition) is 0. The lowest BCUT2D eigenvalue weighted by molar-refractivity contribution is 1.61. The Balaban J connectivity index is 0.000001000. The second-order valence-corrected chi connectivity index (χ2v) is 1.87. The Bertz CT molecular complexity index is 262. The van der Waals surface area contributed by atoms with Crippen molar-refractivity contribution in [2.24, 2.45) is 0 Å². The summed E-state index contributed by atoms with van der Waals surface area (Å²) in [6.07, 6.45) is 10.3. The van der Waals surface area contributed by atoms with E-state index >= 15 is 0 Å². The summed E-state index contributed by atoms with van der Waals surface area (Å²) in [5.74, 6) is 5.02. The molecule has 0 unspecified atom stereocenters. The van der Waals surface area contributed by atoms with Crippen LogP contribution in [0.2, 0.25) is 0 Å². The first-order chi connectivity index (χ1) is 4.86. The molecule has 0 heterocycles.